The van der Waals surface area contributed by atoms with Crippen molar-refractivity contribution >= 4 is 21.6 Å². The lowest BCUT2D eigenvalue weighted by atomic mass is 10.0. The van der Waals surface area contributed by atoms with Crippen molar-refractivity contribution in [2.24, 2.45) is 0 Å². The minimum Gasteiger partial charge on any atom is -0.476 e. The van der Waals surface area contributed by atoms with Gasteiger partial charge in [0.15, 0.2) is 6.10 Å². The molecule has 1 amide bonds. The molecule has 1 aliphatic carbocycles. The maximum Gasteiger partial charge on any atom is 0.264 e. The van der Waals surface area contributed by atoms with E-state index in [1.54, 1.807) is 54.6 Å². The molecule has 0 radical (unpaired) electrons. The first-order chi connectivity index (χ1) is 15.9. The smallest absolute Gasteiger partial charge is 0.264 e. The molecular weight excluding hydrogens is 436 g/mol. The van der Waals surface area contributed by atoms with Crippen LogP contribution in [0.1, 0.15) is 36.1 Å². The van der Waals surface area contributed by atoms with Gasteiger partial charge in [-0.05, 0) is 67.1 Å². The first-order valence-corrected chi connectivity index (χ1v) is 12.6. The number of amides is 1. The molecule has 0 bridgehead atoms. The lowest BCUT2D eigenvalue weighted by molar-refractivity contribution is -0.128. The van der Waals surface area contributed by atoms with Gasteiger partial charge >= 0.3 is 0 Å². The highest BCUT2D eigenvalue weighted by Crippen LogP contribution is 2.37. The number of hydrogen-bond acceptors (Lipinski definition) is 4. The van der Waals surface area contributed by atoms with Crippen LogP contribution in [0.25, 0.3) is 0 Å². The average molecular weight is 463 g/mol. The van der Waals surface area contributed by atoms with Gasteiger partial charge in [-0.25, -0.2) is 8.42 Å². The number of carbonyl (C=O) groups excluding carboxylic acids is 1. The maximum absolute atomic E-state index is 13.4. The summed E-state index contributed by atoms with van der Waals surface area (Å²) in [6.45, 7) is 1.83. The number of rotatable bonds is 5. The molecule has 170 valence electrons. The Labute approximate surface area is 194 Å². The molecule has 6 nitrogen and oxygen atoms in total. The number of ether oxygens (including phenoxy) is 1. The zero-order chi connectivity index (χ0) is 23.0. The Hall–Kier alpha value is -3.32. The first kappa shape index (κ1) is 21.5. The van der Waals surface area contributed by atoms with Crippen molar-refractivity contribution in [2.45, 2.75) is 43.2 Å². The minimum atomic E-state index is -3.86. The summed E-state index contributed by atoms with van der Waals surface area (Å²) in [5.74, 6) is 0.0272. The highest BCUT2D eigenvalue weighted by molar-refractivity contribution is 7.92. The first-order valence-electron chi connectivity index (χ1n) is 11.2. The number of anilines is 1. The van der Waals surface area contributed by atoms with E-state index >= 15 is 0 Å². The van der Waals surface area contributed by atoms with E-state index in [1.165, 1.54) is 21.9 Å². The molecule has 2 aliphatic rings. The second-order valence-electron chi connectivity index (χ2n) is 8.54. The second kappa shape index (κ2) is 8.56. The summed E-state index contributed by atoms with van der Waals surface area (Å²) in [5.41, 5.74) is 4.19. The van der Waals surface area contributed by atoms with E-state index in [0.29, 0.717) is 11.4 Å². The highest BCUT2D eigenvalue weighted by atomic mass is 32.2. The Balaban J connectivity index is 1.39. The van der Waals surface area contributed by atoms with E-state index in [0.717, 1.165) is 18.4 Å². The summed E-state index contributed by atoms with van der Waals surface area (Å²) in [4.78, 5) is 13.4. The molecule has 3 aromatic rings. The summed E-state index contributed by atoms with van der Waals surface area (Å²) < 4.78 is 34.0. The monoisotopic (exact) mass is 462 g/mol. The van der Waals surface area contributed by atoms with Gasteiger partial charge in [0, 0.05) is 0 Å². The molecule has 33 heavy (non-hydrogen) atoms. The zero-order valence-corrected chi connectivity index (χ0v) is 19.2. The van der Waals surface area contributed by atoms with Crippen LogP contribution < -0.4 is 14.4 Å². The molecule has 0 saturated heterocycles. The Bertz CT molecular complexity index is 1290. The van der Waals surface area contributed by atoms with E-state index in [1.807, 2.05) is 6.92 Å². The minimum absolute atomic E-state index is 0.100. The van der Waals surface area contributed by atoms with E-state index in [2.05, 4.69) is 23.5 Å². The van der Waals surface area contributed by atoms with Crippen molar-refractivity contribution in [3.8, 4) is 5.75 Å². The zero-order valence-electron chi connectivity index (χ0n) is 18.4. The second-order valence-corrected chi connectivity index (χ2v) is 10.4. The Kier molecular flexibility index (Phi) is 5.58. The third-order valence-electron chi connectivity index (χ3n) is 6.34. The molecule has 1 heterocycles. The molecule has 0 fully saturated rings. The summed E-state index contributed by atoms with van der Waals surface area (Å²) in [7, 11) is -3.86. The molecule has 7 heteroatoms. The molecule has 0 aromatic heterocycles. The highest BCUT2D eigenvalue weighted by Gasteiger charge is 2.37. The lowest BCUT2D eigenvalue weighted by Gasteiger charge is -2.35. The maximum atomic E-state index is 13.4. The van der Waals surface area contributed by atoms with Crippen molar-refractivity contribution in [2.75, 3.05) is 10.8 Å². The van der Waals surface area contributed by atoms with Crippen LogP contribution >= 0.6 is 0 Å². The predicted molar refractivity (Wildman–Crippen MR) is 127 cm³/mol. The quantitative estimate of drug-likeness (QED) is 0.622. The van der Waals surface area contributed by atoms with Crippen LogP contribution in [0.2, 0.25) is 0 Å². The standard InChI is InChI=1S/C26H26N2O4S/c1-18(20-15-14-19-8-7-9-21(19)16-20)27-26(29)25-17-28(23-12-5-6-13-24(23)32-25)33(30,31)22-10-3-2-4-11-22/h2-6,10-16,18,25H,7-9,17H2,1H3,(H,27,29)/t18-,25-/m1/s1. The number of carbonyl (C=O) groups is 1. The van der Waals surface area contributed by atoms with E-state index in [9.17, 15) is 13.2 Å². The van der Waals surface area contributed by atoms with Crippen LogP contribution in [-0.4, -0.2) is 27.0 Å². The van der Waals surface area contributed by atoms with Gasteiger partial charge < -0.3 is 10.1 Å². The van der Waals surface area contributed by atoms with Gasteiger partial charge in [-0.15, -0.1) is 0 Å². The third-order valence-corrected chi connectivity index (χ3v) is 8.13. The Morgan fingerprint density at radius 1 is 1.00 bits per heavy atom. The number of nitrogens with one attached hydrogen (secondary N) is 1. The van der Waals surface area contributed by atoms with Gasteiger partial charge in [-0.2, -0.15) is 0 Å². The van der Waals surface area contributed by atoms with Crippen LogP contribution in [0.4, 0.5) is 5.69 Å². The Morgan fingerprint density at radius 3 is 2.55 bits per heavy atom. The van der Waals surface area contributed by atoms with Crippen LogP contribution in [0, 0.1) is 0 Å². The molecule has 3 aromatic carbocycles. The summed E-state index contributed by atoms with van der Waals surface area (Å²) in [6, 6.07) is 21.3. The normalized spacial score (nSPS) is 18.1. The number of hydrogen-bond donors (Lipinski definition) is 1. The molecule has 1 aliphatic heterocycles. The predicted octanol–water partition coefficient (Wildman–Crippen LogP) is 4.01. The summed E-state index contributed by atoms with van der Waals surface area (Å²) in [5, 5.41) is 3.01. The summed E-state index contributed by atoms with van der Waals surface area (Å²) in [6.07, 6.45) is 2.38. The van der Waals surface area contributed by atoms with Gasteiger partial charge in [-0.1, -0.05) is 48.5 Å². The van der Waals surface area contributed by atoms with Crippen molar-refractivity contribution in [1.29, 1.82) is 0 Å². The fraction of sp³-hybridized carbons (Fsp3) is 0.269. The van der Waals surface area contributed by atoms with Gasteiger partial charge in [0.1, 0.15) is 5.75 Å². The summed E-state index contributed by atoms with van der Waals surface area (Å²) >= 11 is 0. The number of aryl methyl sites for hydroxylation is 2. The van der Waals surface area contributed by atoms with Gasteiger partial charge in [0.25, 0.3) is 15.9 Å². The number of benzene rings is 3. The molecular formula is C26H26N2O4S. The SMILES string of the molecule is C[C@@H](NC(=O)[C@H]1CN(S(=O)(=O)c2ccccc2)c2ccccc2O1)c1ccc2c(c1)CCC2. The number of nitrogens with zero attached hydrogens (tertiary/aromatic N) is 1. The molecule has 5 rings (SSSR count). The van der Waals surface area contributed by atoms with Crippen molar-refractivity contribution in [3.05, 3.63) is 89.5 Å². The van der Waals surface area contributed by atoms with Gasteiger partial charge in [0.2, 0.25) is 0 Å². The molecule has 0 spiro atoms. The van der Waals surface area contributed by atoms with E-state index in [4.69, 9.17) is 4.74 Å². The van der Waals surface area contributed by atoms with Crippen LogP contribution in [0.5, 0.6) is 5.75 Å². The van der Waals surface area contributed by atoms with Crippen molar-refractivity contribution in [1.82, 2.24) is 5.32 Å². The molecule has 0 saturated carbocycles. The topological polar surface area (TPSA) is 75.7 Å². The van der Waals surface area contributed by atoms with E-state index < -0.39 is 16.1 Å². The largest absolute Gasteiger partial charge is 0.476 e. The Morgan fingerprint density at radius 2 is 1.73 bits per heavy atom. The van der Waals surface area contributed by atoms with Crippen LogP contribution in [0.15, 0.2) is 77.7 Å². The van der Waals surface area contributed by atoms with Crippen LogP contribution in [0.3, 0.4) is 0 Å². The fourth-order valence-electron chi connectivity index (χ4n) is 4.54. The van der Waals surface area contributed by atoms with Gasteiger partial charge in [0.05, 0.1) is 23.2 Å². The molecule has 1 N–H and O–H groups in total. The van der Waals surface area contributed by atoms with Crippen molar-refractivity contribution < 1.29 is 17.9 Å². The average Bonchev–Trinajstić information content (AvgIpc) is 3.31. The van der Waals surface area contributed by atoms with Crippen molar-refractivity contribution in [3.63, 3.8) is 0 Å². The number of fused-ring (bicyclic) bond motifs is 2. The van der Waals surface area contributed by atoms with Crippen LogP contribution in [-0.2, 0) is 27.7 Å². The lowest BCUT2D eigenvalue weighted by Crippen LogP contribution is -2.51. The number of para-hydroxylation sites is 2. The third kappa shape index (κ3) is 4.09. The van der Waals surface area contributed by atoms with E-state index in [-0.39, 0.29) is 23.4 Å². The molecule has 0 unspecified atom stereocenters. The van der Waals surface area contributed by atoms with Gasteiger partial charge in [-0.3, -0.25) is 9.10 Å². The molecule has 2 atom stereocenters. The fourth-order valence-corrected chi connectivity index (χ4v) is 6.03. The number of sulfonamides is 1.